The second-order valence-corrected chi connectivity index (χ2v) is 8.48. The van der Waals surface area contributed by atoms with Crippen LogP contribution in [0.15, 0.2) is 48.5 Å². The van der Waals surface area contributed by atoms with Crippen LogP contribution in [-0.4, -0.2) is 29.8 Å². The van der Waals surface area contributed by atoms with Crippen molar-refractivity contribution in [3.63, 3.8) is 0 Å². The Morgan fingerprint density at radius 2 is 1.79 bits per heavy atom. The third-order valence-corrected chi connectivity index (χ3v) is 4.73. The SMILES string of the molecule is Cc1cccc(N2CC(C(=O)Nc3ccccc3C(=O)NC(C)(C)C)CC2=O)c1. The minimum Gasteiger partial charge on any atom is -0.347 e. The zero-order chi connectivity index (χ0) is 21.2. The zero-order valence-corrected chi connectivity index (χ0v) is 17.3. The van der Waals surface area contributed by atoms with Gasteiger partial charge in [-0.15, -0.1) is 0 Å². The van der Waals surface area contributed by atoms with Gasteiger partial charge in [0.05, 0.1) is 17.2 Å². The number of anilines is 2. The Bertz CT molecular complexity index is 946. The van der Waals surface area contributed by atoms with Crippen molar-refractivity contribution in [2.75, 3.05) is 16.8 Å². The molecule has 0 spiro atoms. The molecule has 0 aliphatic carbocycles. The van der Waals surface area contributed by atoms with Crippen molar-refractivity contribution in [2.45, 2.75) is 39.7 Å². The predicted molar refractivity (Wildman–Crippen MR) is 114 cm³/mol. The maximum atomic E-state index is 12.8. The number of carbonyl (C=O) groups excluding carboxylic acids is 3. The summed E-state index contributed by atoms with van der Waals surface area (Å²) in [6.07, 6.45) is 0.149. The minimum absolute atomic E-state index is 0.0745. The van der Waals surface area contributed by atoms with Crippen LogP contribution >= 0.6 is 0 Å². The van der Waals surface area contributed by atoms with E-state index >= 15 is 0 Å². The van der Waals surface area contributed by atoms with Crippen LogP contribution in [-0.2, 0) is 9.59 Å². The molecule has 3 amide bonds. The van der Waals surface area contributed by atoms with Gasteiger partial charge < -0.3 is 15.5 Å². The molecule has 0 saturated carbocycles. The molecule has 6 heteroatoms. The largest absolute Gasteiger partial charge is 0.347 e. The van der Waals surface area contributed by atoms with E-state index in [0.717, 1.165) is 11.3 Å². The molecule has 0 bridgehead atoms. The summed E-state index contributed by atoms with van der Waals surface area (Å²) in [6.45, 7) is 7.99. The Morgan fingerprint density at radius 1 is 1.07 bits per heavy atom. The summed E-state index contributed by atoms with van der Waals surface area (Å²) >= 11 is 0. The molecule has 0 aromatic heterocycles. The average molecular weight is 393 g/mol. The first-order valence-corrected chi connectivity index (χ1v) is 9.73. The minimum atomic E-state index is -0.471. The summed E-state index contributed by atoms with van der Waals surface area (Å²) in [5.74, 6) is -1.06. The number of hydrogen-bond acceptors (Lipinski definition) is 3. The van der Waals surface area contributed by atoms with Gasteiger partial charge in [-0.2, -0.15) is 0 Å². The van der Waals surface area contributed by atoms with Crippen molar-refractivity contribution >= 4 is 29.1 Å². The third kappa shape index (κ3) is 5.02. The van der Waals surface area contributed by atoms with Crippen molar-refractivity contribution in [3.8, 4) is 0 Å². The van der Waals surface area contributed by atoms with Gasteiger partial charge in [0.1, 0.15) is 0 Å². The lowest BCUT2D eigenvalue weighted by Gasteiger charge is -2.22. The molecule has 0 radical (unpaired) electrons. The molecule has 1 atom stereocenters. The smallest absolute Gasteiger partial charge is 0.253 e. The van der Waals surface area contributed by atoms with Crippen molar-refractivity contribution < 1.29 is 14.4 Å². The standard InChI is InChI=1S/C23H27N3O3/c1-15-8-7-9-17(12-15)26-14-16(13-20(26)27)21(28)24-19-11-6-5-10-18(19)22(29)25-23(2,3)4/h5-12,16H,13-14H2,1-4H3,(H,24,28)(H,25,29). The summed E-state index contributed by atoms with van der Waals surface area (Å²) in [6, 6.07) is 14.6. The van der Waals surface area contributed by atoms with Crippen LogP contribution in [0.3, 0.4) is 0 Å². The number of nitrogens with one attached hydrogen (secondary N) is 2. The number of benzene rings is 2. The molecule has 1 saturated heterocycles. The molecule has 3 rings (SSSR count). The molecule has 1 unspecified atom stereocenters. The van der Waals surface area contributed by atoms with Gasteiger partial charge in [-0.1, -0.05) is 24.3 Å². The molecule has 2 aromatic rings. The van der Waals surface area contributed by atoms with Crippen LogP contribution in [0.5, 0.6) is 0 Å². The van der Waals surface area contributed by atoms with Crippen LogP contribution in [0, 0.1) is 12.8 Å². The monoisotopic (exact) mass is 393 g/mol. The number of hydrogen-bond donors (Lipinski definition) is 2. The van der Waals surface area contributed by atoms with E-state index in [1.165, 1.54) is 0 Å². The molecule has 29 heavy (non-hydrogen) atoms. The van der Waals surface area contributed by atoms with E-state index in [0.29, 0.717) is 17.8 Å². The molecule has 2 aromatic carbocycles. The van der Waals surface area contributed by atoms with Gasteiger partial charge in [-0.25, -0.2) is 0 Å². The van der Waals surface area contributed by atoms with Gasteiger partial charge in [0.15, 0.2) is 0 Å². The number of rotatable bonds is 4. The van der Waals surface area contributed by atoms with Crippen LogP contribution in [0.4, 0.5) is 11.4 Å². The number of para-hydroxylation sites is 1. The van der Waals surface area contributed by atoms with E-state index in [1.54, 1.807) is 29.2 Å². The van der Waals surface area contributed by atoms with Gasteiger partial charge in [0.2, 0.25) is 11.8 Å². The fourth-order valence-electron chi connectivity index (χ4n) is 3.36. The van der Waals surface area contributed by atoms with E-state index in [-0.39, 0.29) is 29.7 Å². The van der Waals surface area contributed by atoms with Gasteiger partial charge in [0, 0.05) is 24.2 Å². The summed E-state index contributed by atoms with van der Waals surface area (Å²) in [7, 11) is 0. The highest BCUT2D eigenvalue weighted by molar-refractivity contribution is 6.07. The van der Waals surface area contributed by atoms with Crippen LogP contribution < -0.4 is 15.5 Å². The number of carbonyl (C=O) groups is 3. The lowest BCUT2D eigenvalue weighted by molar-refractivity contribution is -0.122. The van der Waals surface area contributed by atoms with E-state index in [4.69, 9.17) is 0 Å². The summed E-state index contributed by atoms with van der Waals surface area (Å²) in [4.78, 5) is 39.5. The molecule has 1 aliphatic heterocycles. The van der Waals surface area contributed by atoms with Crippen LogP contribution in [0.2, 0.25) is 0 Å². The number of amides is 3. The molecule has 6 nitrogen and oxygen atoms in total. The van der Waals surface area contributed by atoms with Crippen LogP contribution in [0.1, 0.15) is 43.1 Å². The van der Waals surface area contributed by atoms with Gasteiger partial charge >= 0.3 is 0 Å². The van der Waals surface area contributed by atoms with Gasteiger partial charge in [0.25, 0.3) is 5.91 Å². The predicted octanol–water partition coefficient (Wildman–Crippen LogP) is 3.51. The molecule has 1 aliphatic rings. The second kappa shape index (κ2) is 8.07. The molecular formula is C23H27N3O3. The Labute approximate surface area is 171 Å². The van der Waals surface area contributed by atoms with E-state index < -0.39 is 5.92 Å². The fraction of sp³-hybridized carbons (Fsp3) is 0.348. The normalized spacial score (nSPS) is 16.6. The summed E-state index contributed by atoms with van der Waals surface area (Å²) < 4.78 is 0. The first kappa shape index (κ1) is 20.6. The lowest BCUT2D eigenvalue weighted by atomic mass is 10.1. The molecule has 1 heterocycles. The fourth-order valence-corrected chi connectivity index (χ4v) is 3.36. The third-order valence-electron chi connectivity index (χ3n) is 4.73. The first-order chi connectivity index (χ1) is 13.6. The molecule has 152 valence electrons. The average Bonchev–Trinajstić information content (AvgIpc) is 3.02. The van der Waals surface area contributed by atoms with E-state index in [2.05, 4.69) is 10.6 Å². The van der Waals surface area contributed by atoms with Crippen molar-refractivity contribution in [1.29, 1.82) is 0 Å². The summed E-state index contributed by atoms with van der Waals surface area (Å²) in [5, 5.41) is 5.75. The molecular weight excluding hydrogens is 366 g/mol. The quantitative estimate of drug-likeness (QED) is 0.834. The van der Waals surface area contributed by atoms with Crippen molar-refractivity contribution in [3.05, 3.63) is 59.7 Å². The highest BCUT2D eigenvalue weighted by Gasteiger charge is 2.35. The molecule has 1 fully saturated rings. The Morgan fingerprint density at radius 3 is 2.48 bits per heavy atom. The topological polar surface area (TPSA) is 78.5 Å². The Balaban J connectivity index is 1.73. The van der Waals surface area contributed by atoms with Gasteiger partial charge in [-0.05, 0) is 57.5 Å². The van der Waals surface area contributed by atoms with Gasteiger partial charge in [-0.3, -0.25) is 14.4 Å². The lowest BCUT2D eigenvalue weighted by Crippen LogP contribution is -2.41. The highest BCUT2D eigenvalue weighted by atomic mass is 16.2. The Hall–Kier alpha value is -3.15. The van der Waals surface area contributed by atoms with E-state index in [1.807, 2.05) is 52.0 Å². The first-order valence-electron chi connectivity index (χ1n) is 9.73. The molecule has 2 N–H and O–H groups in total. The van der Waals surface area contributed by atoms with Crippen molar-refractivity contribution in [1.82, 2.24) is 5.32 Å². The van der Waals surface area contributed by atoms with E-state index in [9.17, 15) is 14.4 Å². The van der Waals surface area contributed by atoms with Crippen molar-refractivity contribution in [2.24, 2.45) is 5.92 Å². The van der Waals surface area contributed by atoms with Crippen LogP contribution in [0.25, 0.3) is 0 Å². The number of nitrogens with zero attached hydrogens (tertiary/aromatic N) is 1. The summed E-state index contributed by atoms with van der Waals surface area (Å²) in [5.41, 5.74) is 2.31. The highest BCUT2D eigenvalue weighted by Crippen LogP contribution is 2.27. The maximum Gasteiger partial charge on any atom is 0.253 e. The zero-order valence-electron chi connectivity index (χ0n) is 17.3. The Kier molecular flexibility index (Phi) is 5.73. The number of aryl methyl sites for hydroxylation is 1. The maximum absolute atomic E-state index is 12.8. The second-order valence-electron chi connectivity index (χ2n) is 8.48.